The average molecular weight is 474 g/mol. The van der Waals surface area contributed by atoms with Gasteiger partial charge in [0.25, 0.3) is 11.8 Å². The van der Waals surface area contributed by atoms with Crippen molar-refractivity contribution < 1.29 is 27.6 Å². The summed E-state index contributed by atoms with van der Waals surface area (Å²) in [7, 11) is 0. The highest BCUT2D eigenvalue weighted by Crippen LogP contribution is 2.38. The van der Waals surface area contributed by atoms with Gasteiger partial charge in [0.1, 0.15) is 11.5 Å². The van der Waals surface area contributed by atoms with Crippen LogP contribution in [0, 0.1) is 0 Å². The topological polar surface area (TPSA) is 107 Å². The maximum absolute atomic E-state index is 12.9. The fourth-order valence-electron chi connectivity index (χ4n) is 4.25. The molecule has 0 saturated heterocycles. The van der Waals surface area contributed by atoms with Gasteiger partial charge in [0.15, 0.2) is 0 Å². The number of hydrogen-bond donors (Lipinski definition) is 3. The third kappa shape index (κ3) is 4.11. The first-order chi connectivity index (χ1) is 16.2. The van der Waals surface area contributed by atoms with E-state index in [4.69, 9.17) is 0 Å². The number of hydrogen-bond acceptors (Lipinski definition) is 7. The molecule has 0 aromatic carbocycles. The standard InChI is InChI=1S/C22H21F3N6O3/c23-22(24,25)13-8-12(9-26-10-13)16-5-6-17(29-28-16)27-18(32)11-30-7-1-2-15-19(30)21(34)31(20(15)33)14-3-4-14/h5-6,8-10,14,28-29H,1-4,7,11H2,(H,27,32). The van der Waals surface area contributed by atoms with Gasteiger partial charge in [0.05, 0.1) is 17.8 Å². The molecule has 1 saturated carbocycles. The fraction of sp³-hybridized carbons (Fsp3) is 0.364. The highest BCUT2D eigenvalue weighted by molar-refractivity contribution is 6.19. The van der Waals surface area contributed by atoms with Gasteiger partial charge < -0.3 is 10.2 Å². The van der Waals surface area contributed by atoms with Crippen LogP contribution in [-0.4, -0.2) is 51.6 Å². The van der Waals surface area contributed by atoms with Crippen LogP contribution in [0.5, 0.6) is 0 Å². The summed E-state index contributed by atoms with van der Waals surface area (Å²) in [6, 6.07) is 0.939. The van der Waals surface area contributed by atoms with Gasteiger partial charge in [-0.2, -0.15) is 13.2 Å². The van der Waals surface area contributed by atoms with Crippen LogP contribution >= 0.6 is 0 Å². The van der Waals surface area contributed by atoms with Crippen molar-refractivity contribution in [2.45, 2.75) is 37.9 Å². The lowest BCUT2D eigenvalue weighted by Crippen LogP contribution is -2.45. The number of aromatic nitrogens is 1. The lowest BCUT2D eigenvalue weighted by molar-refractivity contribution is -0.139. The molecule has 0 unspecified atom stereocenters. The predicted molar refractivity (Wildman–Crippen MR) is 112 cm³/mol. The first kappa shape index (κ1) is 22.0. The molecule has 3 amide bonds. The van der Waals surface area contributed by atoms with Crippen molar-refractivity contribution in [1.82, 2.24) is 31.0 Å². The summed E-state index contributed by atoms with van der Waals surface area (Å²) in [6.45, 7) is 0.380. The molecule has 0 atom stereocenters. The normalized spacial score (nSPS) is 20.4. The molecule has 0 spiro atoms. The number of alkyl halides is 3. The van der Waals surface area contributed by atoms with E-state index >= 15 is 0 Å². The molecule has 1 aliphatic carbocycles. The van der Waals surface area contributed by atoms with Crippen molar-refractivity contribution >= 4 is 23.4 Å². The van der Waals surface area contributed by atoms with Gasteiger partial charge in [-0.3, -0.25) is 35.1 Å². The first-order valence-electron chi connectivity index (χ1n) is 10.8. The van der Waals surface area contributed by atoms with Gasteiger partial charge in [0.2, 0.25) is 5.91 Å². The zero-order valence-corrected chi connectivity index (χ0v) is 17.9. The second-order valence-electron chi connectivity index (χ2n) is 8.48. The molecular formula is C22H21F3N6O3. The van der Waals surface area contributed by atoms with E-state index in [1.165, 1.54) is 23.2 Å². The molecule has 0 bridgehead atoms. The Bertz CT molecular complexity index is 1170. The van der Waals surface area contributed by atoms with Gasteiger partial charge >= 0.3 is 6.18 Å². The zero-order chi connectivity index (χ0) is 24.0. The Labute approximate surface area is 192 Å². The largest absolute Gasteiger partial charge is 0.417 e. The summed E-state index contributed by atoms with van der Waals surface area (Å²) in [5, 5.41) is 2.66. The van der Waals surface area contributed by atoms with E-state index in [1.54, 1.807) is 4.90 Å². The van der Waals surface area contributed by atoms with Crippen LogP contribution in [-0.2, 0) is 20.6 Å². The number of allylic oxidation sites excluding steroid dienone is 2. The molecule has 1 aromatic heterocycles. The van der Waals surface area contributed by atoms with Crippen molar-refractivity contribution in [1.29, 1.82) is 0 Å². The van der Waals surface area contributed by atoms with E-state index in [2.05, 4.69) is 21.2 Å². The van der Waals surface area contributed by atoms with Crippen molar-refractivity contribution in [3.05, 3.63) is 58.8 Å². The van der Waals surface area contributed by atoms with E-state index in [-0.39, 0.29) is 35.8 Å². The van der Waals surface area contributed by atoms with Crippen molar-refractivity contribution in [3.8, 4) is 0 Å². The number of carbonyl (C=O) groups excluding carboxylic acids is 3. The number of imide groups is 1. The molecule has 1 fully saturated rings. The Morgan fingerprint density at radius 2 is 1.94 bits per heavy atom. The van der Waals surface area contributed by atoms with Crippen LogP contribution in [0.25, 0.3) is 5.70 Å². The number of nitrogens with zero attached hydrogens (tertiary/aromatic N) is 3. The second kappa shape index (κ2) is 8.19. The van der Waals surface area contributed by atoms with Crippen LogP contribution < -0.4 is 16.2 Å². The third-order valence-electron chi connectivity index (χ3n) is 6.00. The van der Waals surface area contributed by atoms with Crippen LogP contribution in [0.2, 0.25) is 0 Å². The predicted octanol–water partition coefficient (Wildman–Crippen LogP) is 1.39. The maximum atomic E-state index is 12.9. The van der Waals surface area contributed by atoms with E-state index in [9.17, 15) is 27.6 Å². The van der Waals surface area contributed by atoms with Gasteiger partial charge in [-0.25, -0.2) is 0 Å². The van der Waals surface area contributed by atoms with Crippen LogP contribution in [0.1, 0.15) is 36.8 Å². The molecule has 3 aliphatic heterocycles. The monoisotopic (exact) mass is 474 g/mol. The molecule has 5 rings (SSSR count). The number of rotatable bonds is 5. The van der Waals surface area contributed by atoms with Crippen LogP contribution in [0.3, 0.4) is 0 Å². The van der Waals surface area contributed by atoms with Crippen LogP contribution in [0.15, 0.2) is 47.7 Å². The van der Waals surface area contributed by atoms with Crippen molar-refractivity contribution in [3.63, 3.8) is 0 Å². The minimum Gasteiger partial charge on any atom is -0.357 e. The van der Waals surface area contributed by atoms with E-state index in [0.717, 1.165) is 25.1 Å². The lowest BCUT2D eigenvalue weighted by Gasteiger charge is -2.29. The molecule has 12 heteroatoms. The molecule has 0 radical (unpaired) electrons. The molecule has 178 valence electrons. The number of halogens is 3. The molecular weight excluding hydrogens is 453 g/mol. The summed E-state index contributed by atoms with van der Waals surface area (Å²) in [6.07, 6.45) is 3.37. The minimum atomic E-state index is -4.51. The Balaban J connectivity index is 1.24. The quantitative estimate of drug-likeness (QED) is 0.554. The summed E-state index contributed by atoms with van der Waals surface area (Å²) >= 11 is 0. The first-order valence-corrected chi connectivity index (χ1v) is 10.8. The summed E-state index contributed by atoms with van der Waals surface area (Å²) < 4.78 is 38.8. The number of amides is 3. The van der Waals surface area contributed by atoms with E-state index < -0.39 is 17.6 Å². The number of pyridine rings is 1. The van der Waals surface area contributed by atoms with Crippen molar-refractivity contribution in [2.24, 2.45) is 0 Å². The Morgan fingerprint density at radius 1 is 1.15 bits per heavy atom. The van der Waals surface area contributed by atoms with Crippen LogP contribution in [0.4, 0.5) is 13.2 Å². The Kier molecular flexibility index (Phi) is 5.29. The summed E-state index contributed by atoms with van der Waals surface area (Å²) in [5.74, 6) is -0.686. The van der Waals surface area contributed by atoms with Gasteiger partial charge in [-0.1, -0.05) is 0 Å². The molecule has 4 aliphatic rings. The Morgan fingerprint density at radius 3 is 2.62 bits per heavy atom. The number of nitrogens with one attached hydrogen (secondary N) is 3. The Hall–Kier alpha value is -3.83. The van der Waals surface area contributed by atoms with E-state index in [0.29, 0.717) is 36.4 Å². The second-order valence-corrected chi connectivity index (χ2v) is 8.48. The molecule has 3 N–H and O–H groups in total. The van der Waals surface area contributed by atoms with Gasteiger partial charge in [0, 0.05) is 36.1 Å². The summed E-state index contributed by atoms with van der Waals surface area (Å²) in [5.41, 5.74) is 5.97. The number of hydrazine groups is 1. The molecule has 4 heterocycles. The fourth-order valence-corrected chi connectivity index (χ4v) is 4.25. The average Bonchev–Trinajstić information content (AvgIpc) is 3.60. The van der Waals surface area contributed by atoms with Crippen molar-refractivity contribution in [2.75, 3.05) is 13.1 Å². The highest BCUT2D eigenvalue weighted by Gasteiger charge is 2.48. The third-order valence-corrected chi connectivity index (χ3v) is 6.00. The molecule has 1 aromatic rings. The minimum absolute atomic E-state index is 0.0306. The smallest absolute Gasteiger partial charge is 0.357 e. The van der Waals surface area contributed by atoms with Gasteiger partial charge in [-0.15, -0.1) is 0 Å². The highest BCUT2D eigenvalue weighted by atomic mass is 19.4. The van der Waals surface area contributed by atoms with E-state index in [1.807, 2.05) is 0 Å². The van der Waals surface area contributed by atoms with Gasteiger partial charge in [-0.05, 0) is 43.9 Å². The lowest BCUT2D eigenvalue weighted by atomic mass is 10.0. The maximum Gasteiger partial charge on any atom is 0.417 e. The SMILES string of the molecule is O=C(CN1CCCC2=C1C(=O)N(C1CC1)C2=O)NC1=CC=C(c2cncc(C(F)(F)F)c2)NN1. The molecule has 34 heavy (non-hydrogen) atoms. The number of carbonyl (C=O) groups is 3. The zero-order valence-electron chi connectivity index (χ0n) is 17.9. The summed E-state index contributed by atoms with van der Waals surface area (Å²) in [4.78, 5) is 44.7. The molecule has 9 nitrogen and oxygen atoms in total.